The molecule has 1 heterocycles. The lowest BCUT2D eigenvalue weighted by molar-refractivity contribution is -0.253. The van der Waals surface area contributed by atoms with Gasteiger partial charge in [-0.3, -0.25) is 15.6 Å². The minimum Gasteiger partial charge on any atom is -0.428 e. The van der Waals surface area contributed by atoms with E-state index < -0.39 is 24.2 Å². The second-order valence-electron chi connectivity index (χ2n) is 5.42. The highest BCUT2D eigenvalue weighted by Crippen LogP contribution is 2.27. The number of thiocarbonyl (C=S) groups is 1. The number of hydrogen-bond acceptors (Lipinski definition) is 4. The molecule has 0 saturated carbocycles. The van der Waals surface area contributed by atoms with Crippen LogP contribution < -0.4 is 20.9 Å². The van der Waals surface area contributed by atoms with Gasteiger partial charge in [-0.15, -0.1) is 0 Å². The number of amides is 1. The molecule has 3 N–H and O–H groups in total. The predicted octanol–water partition coefficient (Wildman–Crippen LogP) is 2.21. The van der Waals surface area contributed by atoms with Crippen LogP contribution in [0.5, 0.6) is 5.75 Å². The molecule has 1 atom stereocenters. The first-order valence-corrected chi connectivity index (χ1v) is 8.09. The summed E-state index contributed by atoms with van der Waals surface area (Å²) in [6.07, 6.45) is -6.70. The normalized spacial score (nSPS) is 17.0. The van der Waals surface area contributed by atoms with Gasteiger partial charge in [0.25, 0.3) is 5.91 Å². The van der Waals surface area contributed by atoms with Crippen LogP contribution in [-0.2, 0) is 4.74 Å². The summed E-state index contributed by atoms with van der Waals surface area (Å²) in [6, 6.07) is 4.47. The van der Waals surface area contributed by atoms with Crippen LogP contribution in [0, 0.1) is 0 Å². The van der Waals surface area contributed by atoms with E-state index in [1.165, 1.54) is 12.1 Å². The number of carbonyl (C=O) groups excluding carboxylic acids is 1. The molecular formula is C15H17F4N3O3S. The summed E-state index contributed by atoms with van der Waals surface area (Å²) in [5.74, 6) is -1.28. The minimum atomic E-state index is -4.65. The number of rotatable bonds is 6. The lowest BCUT2D eigenvalue weighted by Crippen LogP contribution is -2.48. The summed E-state index contributed by atoms with van der Waals surface area (Å²) in [7, 11) is 0. The number of hydrogen-bond donors (Lipinski definition) is 3. The number of benzene rings is 1. The van der Waals surface area contributed by atoms with Gasteiger partial charge in [0.15, 0.2) is 5.11 Å². The average Bonchev–Trinajstić information content (AvgIpc) is 3.11. The molecule has 1 unspecified atom stereocenters. The Morgan fingerprint density at radius 2 is 2.15 bits per heavy atom. The average molecular weight is 395 g/mol. The number of carbonyl (C=O) groups is 1. The number of halogens is 4. The highest BCUT2D eigenvalue weighted by molar-refractivity contribution is 7.80. The summed E-state index contributed by atoms with van der Waals surface area (Å²) in [6.45, 7) is 1.18. The van der Waals surface area contributed by atoms with E-state index in [0.29, 0.717) is 13.2 Å². The fourth-order valence-electron chi connectivity index (χ4n) is 2.14. The van der Waals surface area contributed by atoms with Gasteiger partial charge < -0.3 is 14.8 Å². The Morgan fingerprint density at radius 3 is 2.81 bits per heavy atom. The zero-order valence-electron chi connectivity index (χ0n) is 13.4. The van der Waals surface area contributed by atoms with E-state index in [1.807, 2.05) is 0 Å². The quantitative estimate of drug-likeness (QED) is 0.390. The van der Waals surface area contributed by atoms with Crippen molar-refractivity contribution in [3.8, 4) is 5.75 Å². The van der Waals surface area contributed by atoms with E-state index in [9.17, 15) is 22.4 Å². The summed E-state index contributed by atoms with van der Waals surface area (Å²) in [4.78, 5) is 12.0. The van der Waals surface area contributed by atoms with Gasteiger partial charge >= 0.3 is 12.5 Å². The van der Waals surface area contributed by atoms with E-state index in [0.717, 1.165) is 25.0 Å². The molecular weight excluding hydrogens is 378 g/mol. The zero-order chi connectivity index (χ0) is 19.2. The Hall–Kier alpha value is -2.14. The van der Waals surface area contributed by atoms with Gasteiger partial charge in [0.2, 0.25) is 0 Å². The van der Waals surface area contributed by atoms with Gasteiger partial charge in [0.1, 0.15) is 5.75 Å². The van der Waals surface area contributed by atoms with Crippen molar-refractivity contribution in [1.82, 2.24) is 16.2 Å². The van der Waals surface area contributed by atoms with Crippen molar-refractivity contribution < 1.29 is 31.8 Å². The summed E-state index contributed by atoms with van der Waals surface area (Å²) >= 11 is 4.98. The zero-order valence-corrected chi connectivity index (χ0v) is 14.3. The van der Waals surface area contributed by atoms with Gasteiger partial charge in [-0.05, 0) is 43.3 Å². The largest absolute Gasteiger partial charge is 0.461 e. The molecule has 1 aromatic rings. The number of hydrazine groups is 1. The molecule has 11 heteroatoms. The molecule has 1 aliphatic rings. The van der Waals surface area contributed by atoms with Crippen LogP contribution in [0.1, 0.15) is 23.2 Å². The first-order valence-electron chi connectivity index (χ1n) is 7.69. The summed E-state index contributed by atoms with van der Waals surface area (Å²) in [5, 5.41) is 3.00. The molecule has 0 aromatic heterocycles. The Morgan fingerprint density at radius 1 is 1.38 bits per heavy atom. The SMILES string of the molecule is O=C(NNC(=S)NCC1CCCO1)c1cccc(OC(F)(F)C(F)F)c1. The molecule has 1 fully saturated rings. The van der Waals surface area contributed by atoms with Crippen LogP contribution in [0.25, 0.3) is 0 Å². The van der Waals surface area contributed by atoms with Gasteiger partial charge in [-0.25, -0.2) is 0 Å². The standard InChI is InChI=1S/C15H17F4N3O3S/c16-13(17)15(18,19)25-10-4-1-3-9(7-10)12(23)21-22-14(26)20-8-11-5-2-6-24-11/h1,3-4,7,11,13H,2,5-6,8H2,(H,21,23)(H2,20,22,26). The van der Waals surface area contributed by atoms with Crippen LogP contribution in [0.4, 0.5) is 17.6 Å². The third-order valence-electron chi connectivity index (χ3n) is 3.41. The van der Waals surface area contributed by atoms with Crippen molar-refractivity contribution in [3.63, 3.8) is 0 Å². The Kier molecular flexibility index (Phi) is 6.98. The third-order valence-corrected chi connectivity index (χ3v) is 3.65. The van der Waals surface area contributed by atoms with E-state index in [4.69, 9.17) is 17.0 Å². The smallest absolute Gasteiger partial charge is 0.428 e. The predicted molar refractivity (Wildman–Crippen MR) is 88.2 cm³/mol. The molecule has 144 valence electrons. The molecule has 26 heavy (non-hydrogen) atoms. The maximum Gasteiger partial charge on any atom is 0.461 e. The van der Waals surface area contributed by atoms with Gasteiger partial charge in [-0.1, -0.05) is 6.07 Å². The van der Waals surface area contributed by atoms with E-state index in [-0.39, 0.29) is 16.8 Å². The Bertz CT molecular complexity index is 642. The molecule has 0 spiro atoms. The van der Waals surface area contributed by atoms with Gasteiger partial charge in [-0.2, -0.15) is 17.6 Å². The molecule has 1 amide bonds. The van der Waals surface area contributed by atoms with Crippen molar-refractivity contribution in [2.45, 2.75) is 31.5 Å². The number of nitrogens with one attached hydrogen (secondary N) is 3. The van der Waals surface area contributed by atoms with Crippen LogP contribution in [0.15, 0.2) is 24.3 Å². The van der Waals surface area contributed by atoms with Crippen LogP contribution >= 0.6 is 12.2 Å². The first-order chi connectivity index (χ1) is 12.3. The highest BCUT2D eigenvalue weighted by Gasteiger charge is 2.44. The molecule has 6 nitrogen and oxygen atoms in total. The molecule has 1 aromatic carbocycles. The van der Waals surface area contributed by atoms with Crippen molar-refractivity contribution in [2.75, 3.05) is 13.2 Å². The molecule has 1 aliphatic heterocycles. The minimum absolute atomic E-state index is 0.0517. The van der Waals surface area contributed by atoms with Crippen LogP contribution in [0.3, 0.4) is 0 Å². The van der Waals surface area contributed by atoms with Crippen molar-refractivity contribution in [2.24, 2.45) is 0 Å². The number of alkyl halides is 4. The fraction of sp³-hybridized carbons (Fsp3) is 0.467. The number of ether oxygens (including phenoxy) is 2. The lowest BCUT2D eigenvalue weighted by Gasteiger charge is -2.17. The maximum atomic E-state index is 12.9. The first kappa shape index (κ1) is 20.2. The van der Waals surface area contributed by atoms with E-state index in [1.54, 1.807) is 0 Å². The second kappa shape index (κ2) is 8.99. The molecule has 1 saturated heterocycles. The topological polar surface area (TPSA) is 71.6 Å². The lowest BCUT2D eigenvalue weighted by atomic mass is 10.2. The van der Waals surface area contributed by atoms with Crippen LogP contribution in [0.2, 0.25) is 0 Å². The second-order valence-corrected chi connectivity index (χ2v) is 5.82. The monoisotopic (exact) mass is 395 g/mol. The Labute approximate surface area is 152 Å². The van der Waals surface area contributed by atoms with Crippen molar-refractivity contribution in [1.29, 1.82) is 0 Å². The van der Waals surface area contributed by atoms with Crippen LogP contribution in [-0.4, -0.2) is 42.8 Å². The Balaban J connectivity index is 1.83. The van der Waals surface area contributed by atoms with Gasteiger partial charge in [0.05, 0.1) is 6.10 Å². The molecule has 0 aliphatic carbocycles. The van der Waals surface area contributed by atoms with E-state index >= 15 is 0 Å². The molecule has 0 radical (unpaired) electrons. The third kappa shape index (κ3) is 5.99. The van der Waals surface area contributed by atoms with Gasteiger partial charge in [0, 0.05) is 18.7 Å². The highest BCUT2D eigenvalue weighted by atomic mass is 32.1. The van der Waals surface area contributed by atoms with Crippen molar-refractivity contribution in [3.05, 3.63) is 29.8 Å². The maximum absolute atomic E-state index is 12.9. The fourth-order valence-corrected chi connectivity index (χ4v) is 2.28. The molecule has 0 bridgehead atoms. The summed E-state index contributed by atoms with van der Waals surface area (Å²) in [5.41, 5.74) is 4.63. The van der Waals surface area contributed by atoms with E-state index in [2.05, 4.69) is 20.9 Å². The molecule has 2 rings (SSSR count). The summed E-state index contributed by atoms with van der Waals surface area (Å²) < 4.78 is 59.5. The van der Waals surface area contributed by atoms with Crippen molar-refractivity contribution >= 4 is 23.2 Å².